The van der Waals surface area contributed by atoms with Crippen LogP contribution in [0.4, 0.5) is 5.69 Å². The summed E-state index contributed by atoms with van der Waals surface area (Å²) in [6, 6.07) is 21.7. The zero-order valence-corrected chi connectivity index (χ0v) is 23.4. The van der Waals surface area contributed by atoms with Crippen LogP contribution in [0, 0.1) is 20.8 Å². The van der Waals surface area contributed by atoms with E-state index >= 15 is 0 Å². The van der Waals surface area contributed by atoms with E-state index in [0.717, 1.165) is 44.1 Å². The van der Waals surface area contributed by atoms with E-state index in [2.05, 4.69) is 80.7 Å². The van der Waals surface area contributed by atoms with E-state index in [4.69, 9.17) is 17.0 Å². The van der Waals surface area contributed by atoms with Gasteiger partial charge in [0.25, 0.3) is 0 Å². The summed E-state index contributed by atoms with van der Waals surface area (Å²) in [6.07, 6.45) is 1.81. The molecule has 2 atom stereocenters. The Balaban J connectivity index is 1.67. The summed E-state index contributed by atoms with van der Waals surface area (Å²) >= 11 is 9.53. The molecule has 1 N–H and O–H groups in total. The van der Waals surface area contributed by atoms with Gasteiger partial charge in [-0.05, 0) is 98.7 Å². The van der Waals surface area contributed by atoms with Crippen LogP contribution in [0.5, 0.6) is 0 Å². The van der Waals surface area contributed by atoms with Crippen molar-refractivity contribution in [2.24, 2.45) is 0 Å². The van der Waals surface area contributed by atoms with Crippen LogP contribution in [-0.4, -0.2) is 27.7 Å². The van der Waals surface area contributed by atoms with Gasteiger partial charge in [0, 0.05) is 33.4 Å². The Bertz CT molecular complexity index is 1500. The molecule has 37 heavy (non-hydrogen) atoms. The van der Waals surface area contributed by atoms with E-state index in [0.29, 0.717) is 10.7 Å². The third-order valence-electron chi connectivity index (χ3n) is 6.83. The summed E-state index contributed by atoms with van der Waals surface area (Å²) in [7, 11) is 1.39. The van der Waals surface area contributed by atoms with Crippen molar-refractivity contribution >= 4 is 44.9 Å². The number of rotatable bonds is 5. The molecule has 0 radical (unpaired) electrons. The molecule has 8 heteroatoms. The summed E-state index contributed by atoms with van der Waals surface area (Å²) in [5.41, 5.74) is 7.72. The van der Waals surface area contributed by atoms with Crippen LogP contribution in [0.1, 0.15) is 50.7 Å². The zero-order valence-electron chi connectivity index (χ0n) is 21.0. The van der Waals surface area contributed by atoms with Crippen molar-refractivity contribution in [3.8, 4) is 5.69 Å². The lowest BCUT2D eigenvalue weighted by atomic mass is 9.96. The number of thiocarbonyl (C=S) groups is 1. The standard InChI is InChI=1S/C29H27BrN4O2S/c1-17-14-22(11-12-24(17)30)34-27(26(32-29(34)37)25-10-5-6-13-31-25)23-15-18(2)33(19(23)3)21-9-7-8-20(16-21)28(35)36-4/h5-16,26-27H,1-4H3,(H,32,37)/t26-,27-/m0/s1. The summed E-state index contributed by atoms with van der Waals surface area (Å²) in [6.45, 7) is 6.26. The number of halogens is 1. The summed E-state index contributed by atoms with van der Waals surface area (Å²) < 4.78 is 8.16. The van der Waals surface area contributed by atoms with E-state index in [9.17, 15) is 4.79 Å². The fraction of sp³-hybridized carbons (Fsp3) is 0.207. The quantitative estimate of drug-likeness (QED) is 0.216. The minimum atomic E-state index is -0.359. The van der Waals surface area contributed by atoms with Crippen LogP contribution < -0.4 is 10.2 Å². The van der Waals surface area contributed by atoms with Crippen LogP contribution in [0.25, 0.3) is 5.69 Å². The first kappa shape index (κ1) is 25.2. The molecule has 3 heterocycles. The molecular weight excluding hydrogens is 548 g/mol. The van der Waals surface area contributed by atoms with Gasteiger partial charge in [0.2, 0.25) is 0 Å². The second-order valence-corrected chi connectivity index (χ2v) is 10.4. The lowest BCUT2D eigenvalue weighted by Crippen LogP contribution is -2.29. The minimum absolute atomic E-state index is 0.133. The summed E-state index contributed by atoms with van der Waals surface area (Å²) in [4.78, 5) is 19.1. The average Bonchev–Trinajstić information content (AvgIpc) is 3.40. The van der Waals surface area contributed by atoms with Gasteiger partial charge in [0.1, 0.15) is 0 Å². The average molecular weight is 576 g/mol. The van der Waals surface area contributed by atoms with E-state index in [1.807, 2.05) is 42.6 Å². The molecular formula is C29H27BrN4O2S. The third-order valence-corrected chi connectivity index (χ3v) is 8.04. The number of anilines is 1. The topological polar surface area (TPSA) is 59.4 Å². The number of hydrogen-bond acceptors (Lipinski definition) is 4. The lowest BCUT2D eigenvalue weighted by Gasteiger charge is -2.28. The van der Waals surface area contributed by atoms with Crippen molar-refractivity contribution in [1.82, 2.24) is 14.9 Å². The first-order valence-electron chi connectivity index (χ1n) is 11.9. The molecule has 6 nitrogen and oxygen atoms in total. The van der Waals surface area contributed by atoms with E-state index in [1.54, 1.807) is 6.07 Å². The maximum atomic E-state index is 12.2. The number of methoxy groups -OCH3 is 1. The van der Waals surface area contributed by atoms with Gasteiger partial charge in [-0.2, -0.15) is 0 Å². The normalized spacial score (nSPS) is 17.1. The van der Waals surface area contributed by atoms with Crippen LogP contribution in [0.15, 0.2) is 77.4 Å². The Hall–Kier alpha value is -3.49. The van der Waals surface area contributed by atoms with Gasteiger partial charge in [0.05, 0.1) is 30.5 Å². The fourth-order valence-corrected chi connectivity index (χ4v) is 5.69. The first-order valence-corrected chi connectivity index (χ1v) is 13.1. The van der Waals surface area contributed by atoms with E-state index < -0.39 is 0 Å². The second kappa shape index (κ2) is 10.1. The largest absolute Gasteiger partial charge is 0.465 e. The Kier molecular flexibility index (Phi) is 6.88. The van der Waals surface area contributed by atoms with Gasteiger partial charge in [-0.25, -0.2) is 4.79 Å². The third kappa shape index (κ3) is 4.55. The molecule has 5 rings (SSSR count). The van der Waals surface area contributed by atoms with Crippen molar-refractivity contribution in [3.63, 3.8) is 0 Å². The van der Waals surface area contributed by atoms with Gasteiger partial charge in [0.15, 0.2) is 5.11 Å². The molecule has 4 aromatic rings. The highest BCUT2D eigenvalue weighted by molar-refractivity contribution is 9.10. The highest BCUT2D eigenvalue weighted by Gasteiger charge is 2.42. The highest BCUT2D eigenvalue weighted by Crippen LogP contribution is 2.44. The van der Waals surface area contributed by atoms with Gasteiger partial charge in [-0.1, -0.05) is 28.1 Å². The number of ether oxygens (including phenoxy) is 1. The number of carbonyl (C=O) groups excluding carboxylic acids is 1. The van der Waals surface area contributed by atoms with Gasteiger partial charge in [-0.3, -0.25) is 4.98 Å². The molecule has 2 aromatic heterocycles. The molecule has 0 saturated carbocycles. The Morgan fingerprint density at radius 2 is 1.84 bits per heavy atom. The SMILES string of the molecule is COC(=O)c1cccc(-n2c(C)cc([C@H]3[C@H](c4ccccn4)NC(=S)N3c3ccc(Br)c(C)c3)c2C)c1. The Morgan fingerprint density at radius 1 is 1.03 bits per heavy atom. The molecule has 1 saturated heterocycles. The Morgan fingerprint density at radius 3 is 2.54 bits per heavy atom. The van der Waals surface area contributed by atoms with Gasteiger partial charge in [-0.15, -0.1) is 0 Å². The predicted molar refractivity (Wildman–Crippen MR) is 153 cm³/mol. The summed E-state index contributed by atoms with van der Waals surface area (Å²) in [5.74, 6) is -0.359. The van der Waals surface area contributed by atoms with Crippen LogP contribution >= 0.6 is 28.1 Å². The molecule has 1 fully saturated rings. The van der Waals surface area contributed by atoms with Gasteiger partial charge < -0.3 is 19.5 Å². The lowest BCUT2D eigenvalue weighted by molar-refractivity contribution is 0.0600. The number of nitrogens with one attached hydrogen (secondary N) is 1. The smallest absolute Gasteiger partial charge is 0.337 e. The molecule has 0 aliphatic carbocycles. The molecule has 0 bridgehead atoms. The van der Waals surface area contributed by atoms with Crippen LogP contribution in [-0.2, 0) is 4.74 Å². The molecule has 188 valence electrons. The van der Waals surface area contributed by atoms with Crippen molar-refractivity contribution in [2.75, 3.05) is 12.0 Å². The second-order valence-electron chi connectivity index (χ2n) is 9.13. The number of aryl methyl sites for hydroxylation is 2. The maximum Gasteiger partial charge on any atom is 0.337 e. The van der Waals surface area contributed by atoms with Crippen molar-refractivity contribution in [1.29, 1.82) is 0 Å². The number of pyridine rings is 1. The van der Waals surface area contributed by atoms with Gasteiger partial charge >= 0.3 is 5.97 Å². The molecule has 0 unspecified atom stereocenters. The van der Waals surface area contributed by atoms with Crippen molar-refractivity contribution < 1.29 is 9.53 Å². The molecule has 0 amide bonds. The Labute approximate surface area is 230 Å². The molecule has 0 spiro atoms. The van der Waals surface area contributed by atoms with Crippen molar-refractivity contribution in [2.45, 2.75) is 32.9 Å². The monoisotopic (exact) mass is 574 g/mol. The number of carbonyl (C=O) groups is 1. The zero-order chi connectivity index (χ0) is 26.3. The summed E-state index contributed by atoms with van der Waals surface area (Å²) in [5, 5.41) is 4.19. The number of nitrogens with zero attached hydrogens (tertiary/aromatic N) is 3. The maximum absolute atomic E-state index is 12.2. The molecule has 1 aliphatic heterocycles. The molecule has 2 aromatic carbocycles. The van der Waals surface area contributed by atoms with Crippen LogP contribution in [0.3, 0.4) is 0 Å². The fourth-order valence-electron chi connectivity index (χ4n) is 5.10. The van der Waals surface area contributed by atoms with Crippen molar-refractivity contribution in [3.05, 3.63) is 111 Å². The molecule has 1 aliphatic rings. The predicted octanol–water partition coefficient (Wildman–Crippen LogP) is 6.52. The number of aromatic nitrogens is 2. The highest BCUT2D eigenvalue weighted by atomic mass is 79.9. The number of benzene rings is 2. The first-order chi connectivity index (χ1) is 17.8. The van der Waals surface area contributed by atoms with E-state index in [1.165, 1.54) is 7.11 Å². The number of hydrogen-bond donors (Lipinski definition) is 1. The van der Waals surface area contributed by atoms with Crippen LogP contribution in [0.2, 0.25) is 0 Å². The number of esters is 1. The van der Waals surface area contributed by atoms with E-state index in [-0.39, 0.29) is 18.1 Å². The minimum Gasteiger partial charge on any atom is -0.465 e.